The van der Waals surface area contributed by atoms with Crippen molar-refractivity contribution in [2.24, 2.45) is 11.8 Å². The first kappa shape index (κ1) is 26.7. The molecule has 182 valence electrons. The van der Waals surface area contributed by atoms with Gasteiger partial charge in [-0.3, -0.25) is 0 Å². The van der Waals surface area contributed by atoms with Crippen LogP contribution in [0.4, 0.5) is 0 Å². The van der Waals surface area contributed by atoms with Crippen LogP contribution in [-0.4, -0.2) is 48.6 Å². The number of allylic oxidation sites excluding steroid dienone is 1. The lowest BCUT2D eigenvalue weighted by atomic mass is 9.80. The van der Waals surface area contributed by atoms with E-state index in [1.807, 2.05) is 18.2 Å². The van der Waals surface area contributed by atoms with Crippen molar-refractivity contribution in [1.29, 1.82) is 0 Å². The minimum atomic E-state index is -0.649. The summed E-state index contributed by atoms with van der Waals surface area (Å²) in [6.07, 6.45) is 7.70. The summed E-state index contributed by atoms with van der Waals surface area (Å²) in [5.41, 5.74) is 3.44. The SMILES string of the molecule is C=C[C@@H](C=O)[C@H](C[C@@H]1NCCc2c1[nH]c1ccccc21)/C(=C/O)C(=O)OC.O=CCCCC=O. The number of aromatic nitrogens is 1. The number of aldehydes is 3. The number of esters is 1. The highest BCUT2D eigenvalue weighted by Gasteiger charge is 2.33. The van der Waals surface area contributed by atoms with E-state index in [0.29, 0.717) is 25.7 Å². The van der Waals surface area contributed by atoms with Crippen LogP contribution in [-0.2, 0) is 30.3 Å². The highest BCUT2D eigenvalue weighted by atomic mass is 16.5. The van der Waals surface area contributed by atoms with Crippen LogP contribution in [0.2, 0.25) is 0 Å². The number of H-pyrrole nitrogens is 1. The van der Waals surface area contributed by atoms with Gasteiger partial charge in [-0.05, 0) is 37.4 Å². The molecule has 3 N–H and O–H groups in total. The molecular weight excluding hydrogens is 436 g/mol. The zero-order valence-corrected chi connectivity index (χ0v) is 19.4. The van der Waals surface area contributed by atoms with Gasteiger partial charge in [0.2, 0.25) is 0 Å². The van der Waals surface area contributed by atoms with Gasteiger partial charge in [-0.2, -0.15) is 0 Å². The van der Waals surface area contributed by atoms with Crippen LogP contribution in [0, 0.1) is 11.8 Å². The zero-order valence-electron chi connectivity index (χ0n) is 19.4. The van der Waals surface area contributed by atoms with Gasteiger partial charge < -0.3 is 34.5 Å². The molecule has 0 saturated heterocycles. The van der Waals surface area contributed by atoms with Crippen molar-refractivity contribution in [3.05, 3.63) is 60.0 Å². The Morgan fingerprint density at radius 3 is 2.53 bits per heavy atom. The number of aromatic amines is 1. The van der Waals surface area contributed by atoms with Gasteiger partial charge in [-0.25, -0.2) is 4.79 Å². The topological polar surface area (TPSA) is 126 Å². The minimum Gasteiger partial charge on any atom is -0.515 e. The van der Waals surface area contributed by atoms with Crippen LogP contribution in [0.15, 0.2) is 48.8 Å². The van der Waals surface area contributed by atoms with Gasteiger partial charge in [0.25, 0.3) is 0 Å². The van der Waals surface area contributed by atoms with Crippen LogP contribution in [0.25, 0.3) is 10.9 Å². The fourth-order valence-corrected chi connectivity index (χ4v) is 4.22. The smallest absolute Gasteiger partial charge is 0.337 e. The molecule has 0 fully saturated rings. The second kappa shape index (κ2) is 13.9. The van der Waals surface area contributed by atoms with E-state index in [2.05, 4.69) is 22.9 Å². The Balaban J connectivity index is 0.000000509. The highest BCUT2D eigenvalue weighted by molar-refractivity contribution is 5.89. The summed E-state index contributed by atoms with van der Waals surface area (Å²) in [5, 5.41) is 14.3. The number of hydrogen-bond acceptors (Lipinski definition) is 7. The molecule has 0 unspecified atom stereocenters. The number of hydrogen-bond donors (Lipinski definition) is 3. The van der Waals surface area contributed by atoms with Crippen LogP contribution >= 0.6 is 0 Å². The third-order valence-electron chi connectivity index (χ3n) is 5.95. The maximum Gasteiger partial charge on any atom is 0.337 e. The first-order valence-electron chi connectivity index (χ1n) is 11.3. The molecule has 0 aliphatic carbocycles. The van der Waals surface area contributed by atoms with Gasteiger partial charge in [-0.1, -0.05) is 24.3 Å². The summed E-state index contributed by atoms with van der Waals surface area (Å²) < 4.78 is 4.78. The van der Waals surface area contributed by atoms with E-state index >= 15 is 0 Å². The molecular formula is C26H32N2O6. The maximum absolute atomic E-state index is 12.1. The van der Waals surface area contributed by atoms with Crippen LogP contribution in [0.1, 0.15) is 43.0 Å². The van der Waals surface area contributed by atoms with Crippen molar-refractivity contribution < 1.29 is 29.0 Å². The molecule has 1 aromatic heterocycles. The van der Waals surface area contributed by atoms with E-state index < -0.39 is 17.8 Å². The number of ether oxygens (including phenoxy) is 1. The van der Waals surface area contributed by atoms with E-state index in [9.17, 15) is 24.3 Å². The Morgan fingerprint density at radius 1 is 1.24 bits per heavy atom. The molecule has 2 heterocycles. The van der Waals surface area contributed by atoms with Gasteiger partial charge >= 0.3 is 5.97 Å². The summed E-state index contributed by atoms with van der Waals surface area (Å²) in [7, 11) is 1.25. The van der Waals surface area contributed by atoms with Gasteiger partial charge in [-0.15, -0.1) is 6.58 Å². The number of aliphatic hydroxyl groups is 1. The first-order valence-corrected chi connectivity index (χ1v) is 11.3. The number of methoxy groups -OCH3 is 1. The number of aliphatic hydroxyl groups excluding tert-OH is 1. The van der Waals surface area contributed by atoms with Gasteiger partial charge in [0.1, 0.15) is 18.9 Å². The summed E-state index contributed by atoms with van der Waals surface area (Å²) in [4.78, 5) is 46.3. The largest absolute Gasteiger partial charge is 0.515 e. The van der Waals surface area contributed by atoms with E-state index in [4.69, 9.17) is 4.74 Å². The van der Waals surface area contributed by atoms with Gasteiger partial charge in [0.05, 0.1) is 18.9 Å². The highest BCUT2D eigenvalue weighted by Crippen LogP contribution is 2.37. The summed E-state index contributed by atoms with van der Waals surface area (Å²) in [6.45, 7) is 4.50. The summed E-state index contributed by atoms with van der Waals surface area (Å²) >= 11 is 0. The molecule has 8 heteroatoms. The van der Waals surface area contributed by atoms with Crippen LogP contribution in [0.5, 0.6) is 0 Å². The molecule has 0 radical (unpaired) electrons. The molecule has 3 rings (SSSR count). The molecule has 0 saturated carbocycles. The van der Waals surface area contributed by atoms with E-state index in [0.717, 1.165) is 49.3 Å². The monoisotopic (exact) mass is 468 g/mol. The Morgan fingerprint density at radius 2 is 1.94 bits per heavy atom. The fourth-order valence-electron chi connectivity index (χ4n) is 4.22. The Kier molecular flexibility index (Phi) is 10.9. The van der Waals surface area contributed by atoms with Crippen LogP contribution < -0.4 is 5.32 Å². The number of rotatable bonds is 11. The molecule has 3 atom stereocenters. The third-order valence-corrected chi connectivity index (χ3v) is 5.95. The number of fused-ring (bicyclic) bond motifs is 3. The number of benzene rings is 1. The molecule has 8 nitrogen and oxygen atoms in total. The zero-order chi connectivity index (χ0) is 24.9. The number of nitrogens with one attached hydrogen (secondary N) is 2. The van der Waals surface area contributed by atoms with Crippen molar-refractivity contribution in [1.82, 2.24) is 10.3 Å². The second-order valence-electron chi connectivity index (χ2n) is 7.95. The molecule has 0 bridgehead atoms. The van der Waals surface area contributed by atoms with Crippen molar-refractivity contribution in [2.45, 2.75) is 38.1 Å². The lowest BCUT2D eigenvalue weighted by Crippen LogP contribution is -2.34. The molecule has 34 heavy (non-hydrogen) atoms. The van der Waals surface area contributed by atoms with Crippen molar-refractivity contribution in [3.8, 4) is 0 Å². The average molecular weight is 469 g/mol. The van der Waals surface area contributed by atoms with Crippen molar-refractivity contribution in [2.75, 3.05) is 13.7 Å². The lowest BCUT2D eigenvalue weighted by Gasteiger charge is -2.30. The number of carbonyl (C=O) groups is 4. The number of carbonyl (C=O) groups excluding carboxylic acids is 4. The van der Waals surface area contributed by atoms with E-state index in [1.54, 1.807) is 0 Å². The van der Waals surface area contributed by atoms with Crippen LogP contribution in [0.3, 0.4) is 0 Å². The number of para-hydroxylation sites is 1. The lowest BCUT2D eigenvalue weighted by molar-refractivity contribution is -0.137. The van der Waals surface area contributed by atoms with Gasteiger partial charge in [0.15, 0.2) is 0 Å². The van der Waals surface area contributed by atoms with Crippen molar-refractivity contribution >= 4 is 35.7 Å². The molecule has 1 aliphatic rings. The predicted octanol–water partition coefficient (Wildman–Crippen LogP) is 3.53. The Bertz CT molecular complexity index is 1010. The van der Waals surface area contributed by atoms with E-state index in [1.165, 1.54) is 24.1 Å². The van der Waals surface area contributed by atoms with E-state index in [-0.39, 0.29) is 11.6 Å². The fraction of sp³-hybridized carbons (Fsp3) is 0.385. The quantitative estimate of drug-likeness (QED) is 0.115. The minimum absolute atomic E-state index is 0.0690. The normalized spacial score (nSPS) is 16.9. The van der Waals surface area contributed by atoms with Gasteiger partial charge in [0, 0.05) is 47.3 Å². The predicted molar refractivity (Wildman–Crippen MR) is 129 cm³/mol. The average Bonchev–Trinajstić information content (AvgIpc) is 3.25. The Hall–Kier alpha value is -3.52. The molecule has 1 aromatic carbocycles. The third kappa shape index (κ3) is 6.51. The standard InChI is InChI=1S/C21H24N2O4.C5H8O2/c1-3-13(11-24)16(17(12-25)21(26)27-2)10-19-20-15(8-9-22-19)14-6-4-5-7-18(14)23-20;6-4-2-1-3-5-7/h3-7,11-13,16,19,22-23,25H,1,8-10H2,2H3;4-5H,1-3H2/b17-12-;/t13-,16-,19-;/m0./s1. The second-order valence-corrected chi connectivity index (χ2v) is 7.95. The molecule has 0 spiro atoms. The van der Waals surface area contributed by atoms with Crippen molar-refractivity contribution in [3.63, 3.8) is 0 Å². The maximum atomic E-state index is 12.1. The summed E-state index contributed by atoms with van der Waals surface area (Å²) in [5.74, 6) is -1.81. The molecule has 0 amide bonds. The molecule has 2 aromatic rings. The summed E-state index contributed by atoms with van der Waals surface area (Å²) in [6, 6.07) is 8.04. The molecule has 1 aliphatic heterocycles. The first-order chi connectivity index (χ1) is 16.6. The Labute approximate surface area is 199 Å². The number of unbranched alkanes of at least 4 members (excludes halogenated alkanes) is 2.